The fourth-order valence-corrected chi connectivity index (χ4v) is 1.99. The lowest BCUT2D eigenvalue weighted by atomic mass is 10.2. The summed E-state index contributed by atoms with van der Waals surface area (Å²) in [6.07, 6.45) is 1.80. The van der Waals surface area contributed by atoms with Crippen molar-refractivity contribution in [3.8, 4) is 5.75 Å². The van der Waals surface area contributed by atoms with Gasteiger partial charge in [0.05, 0.1) is 0 Å². The van der Waals surface area contributed by atoms with Crippen molar-refractivity contribution in [2.45, 2.75) is 33.6 Å². The normalized spacial score (nSPS) is 13.4. The van der Waals surface area contributed by atoms with E-state index in [0.29, 0.717) is 11.3 Å². The molecule has 1 amide bonds. The average Bonchev–Trinajstić information content (AvgIpc) is 3.03. The van der Waals surface area contributed by atoms with Gasteiger partial charge in [0.2, 0.25) is 0 Å². The fourth-order valence-electron chi connectivity index (χ4n) is 1.99. The molecule has 0 saturated carbocycles. The Bertz CT molecular complexity index is 445. The van der Waals surface area contributed by atoms with Crippen molar-refractivity contribution in [1.29, 1.82) is 0 Å². The van der Waals surface area contributed by atoms with Crippen LogP contribution >= 0.6 is 0 Å². The van der Waals surface area contributed by atoms with Crippen LogP contribution in [0.3, 0.4) is 0 Å². The predicted octanol–water partition coefficient (Wildman–Crippen LogP) is 3.77. The van der Waals surface area contributed by atoms with E-state index in [-0.39, 0.29) is 25.1 Å². The van der Waals surface area contributed by atoms with Crippen molar-refractivity contribution < 1.29 is 18.7 Å². The Hall–Kier alpha value is -1.78. The molecule has 1 aromatic rings. The van der Waals surface area contributed by atoms with E-state index in [2.05, 4.69) is 0 Å². The lowest BCUT2D eigenvalue weighted by molar-refractivity contribution is 0.0950. The van der Waals surface area contributed by atoms with E-state index in [1.165, 1.54) is 6.07 Å². The van der Waals surface area contributed by atoms with Crippen LogP contribution in [0.2, 0.25) is 0 Å². The molecular formula is C16H24FNO3. The average molecular weight is 297 g/mol. The minimum absolute atomic E-state index is 0.200. The smallest absolute Gasteiger partial charge is 0.409 e. The Morgan fingerprint density at radius 3 is 2.52 bits per heavy atom. The molecule has 118 valence electrons. The van der Waals surface area contributed by atoms with Gasteiger partial charge in [-0.15, -0.1) is 0 Å². The zero-order valence-electron chi connectivity index (χ0n) is 13.0. The third-order valence-electron chi connectivity index (χ3n) is 3.07. The summed E-state index contributed by atoms with van der Waals surface area (Å²) in [6, 6.07) is 4.54. The molecule has 0 radical (unpaired) electrons. The second-order valence-corrected chi connectivity index (χ2v) is 4.57. The van der Waals surface area contributed by atoms with E-state index in [1.54, 1.807) is 24.0 Å². The molecule has 0 atom stereocenters. The van der Waals surface area contributed by atoms with Gasteiger partial charge in [-0.2, -0.15) is 0 Å². The molecule has 0 unspecified atom stereocenters. The van der Waals surface area contributed by atoms with E-state index < -0.39 is 0 Å². The molecule has 1 heterocycles. The zero-order chi connectivity index (χ0) is 15.7. The number of likely N-dealkylation sites (tertiary alicyclic amines) is 1. The largest absolute Gasteiger partial charge is 0.490 e. The highest BCUT2D eigenvalue weighted by atomic mass is 19.1. The van der Waals surface area contributed by atoms with Gasteiger partial charge in [0.1, 0.15) is 24.8 Å². The molecule has 0 aromatic heterocycles. The molecule has 1 fully saturated rings. The number of hydrogen-bond acceptors (Lipinski definition) is 3. The Labute approximate surface area is 125 Å². The third kappa shape index (κ3) is 5.61. The van der Waals surface area contributed by atoms with E-state index in [1.807, 2.05) is 13.8 Å². The molecule has 5 heteroatoms. The summed E-state index contributed by atoms with van der Waals surface area (Å²) in [6.45, 7) is 7.69. The Morgan fingerprint density at radius 1 is 1.24 bits per heavy atom. The summed E-state index contributed by atoms with van der Waals surface area (Å²) in [5, 5.41) is 0. The first-order valence-corrected chi connectivity index (χ1v) is 7.47. The number of benzene rings is 1. The van der Waals surface area contributed by atoms with Crippen LogP contribution in [0.5, 0.6) is 5.75 Å². The highest BCUT2D eigenvalue weighted by molar-refractivity contribution is 5.67. The maximum atomic E-state index is 13.0. The molecule has 0 N–H and O–H groups in total. The Balaban J connectivity index is 0.00000106. The van der Waals surface area contributed by atoms with Crippen molar-refractivity contribution in [3.05, 3.63) is 29.6 Å². The summed E-state index contributed by atoms with van der Waals surface area (Å²) in [4.78, 5) is 13.3. The zero-order valence-corrected chi connectivity index (χ0v) is 13.0. The summed E-state index contributed by atoms with van der Waals surface area (Å²) in [7, 11) is 0. The Kier molecular flexibility index (Phi) is 7.58. The first-order valence-electron chi connectivity index (χ1n) is 7.47. The van der Waals surface area contributed by atoms with Gasteiger partial charge in [-0.05, 0) is 43.5 Å². The van der Waals surface area contributed by atoms with E-state index >= 15 is 0 Å². The standard InChI is InChI=1S/C14H18FNO3.C2H6/c1-11-10-12(4-5-13(11)15)18-8-9-19-14(17)16-6-2-3-7-16;1-2/h4-5,10H,2-3,6-9H2,1H3;1-2H3. The number of ether oxygens (including phenoxy) is 2. The summed E-state index contributed by atoms with van der Waals surface area (Å²) < 4.78 is 23.5. The highest BCUT2D eigenvalue weighted by Crippen LogP contribution is 2.15. The number of carbonyl (C=O) groups excluding carboxylic acids is 1. The fraction of sp³-hybridized carbons (Fsp3) is 0.562. The molecule has 0 spiro atoms. The van der Waals surface area contributed by atoms with Crippen LogP contribution in [-0.4, -0.2) is 37.3 Å². The third-order valence-corrected chi connectivity index (χ3v) is 3.07. The van der Waals surface area contributed by atoms with Gasteiger partial charge < -0.3 is 14.4 Å². The highest BCUT2D eigenvalue weighted by Gasteiger charge is 2.18. The van der Waals surface area contributed by atoms with E-state index in [0.717, 1.165) is 25.9 Å². The van der Waals surface area contributed by atoms with Gasteiger partial charge in [0.15, 0.2) is 0 Å². The monoisotopic (exact) mass is 297 g/mol. The molecule has 1 saturated heterocycles. The molecule has 2 rings (SSSR count). The van der Waals surface area contributed by atoms with Crippen LogP contribution in [0.25, 0.3) is 0 Å². The van der Waals surface area contributed by atoms with Crippen molar-refractivity contribution in [1.82, 2.24) is 4.90 Å². The maximum absolute atomic E-state index is 13.0. The minimum Gasteiger partial charge on any atom is -0.490 e. The minimum atomic E-state index is -0.281. The summed E-state index contributed by atoms with van der Waals surface area (Å²) in [5.74, 6) is 0.323. The number of aryl methyl sites for hydroxylation is 1. The lowest BCUT2D eigenvalue weighted by Gasteiger charge is -2.15. The lowest BCUT2D eigenvalue weighted by Crippen LogP contribution is -2.29. The first-order chi connectivity index (χ1) is 10.2. The summed E-state index contributed by atoms with van der Waals surface area (Å²) >= 11 is 0. The van der Waals surface area contributed by atoms with Crippen molar-refractivity contribution in [2.75, 3.05) is 26.3 Å². The molecule has 0 aliphatic carbocycles. The number of halogens is 1. The van der Waals surface area contributed by atoms with Gasteiger partial charge in [-0.1, -0.05) is 13.8 Å². The summed E-state index contributed by atoms with van der Waals surface area (Å²) in [5.41, 5.74) is 0.534. The van der Waals surface area contributed by atoms with E-state index in [9.17, 15) is 9.18 Å². The Morgan fingerprint density at radius 2 is 1.90 bits per heavy atom. The van der Waals surface area contributed by atoms with Crippen molar-refractivity contribution in [2.24, 2.45) is 0 Å². The second kappa shape index (κ2) is 9.21. The van der Waals surface area contributed by atoms with Crippen LogP contribution in [0.15, 0.2) is 18.2 Å². The van der Waals surface area contributed by atoms with Crippen LogP contribution in [0.1, 0.15) is 32.3 Å². The first kappa shape index (κ1) is 17.3. The predicted molar refractivity (Wildman–Crippen MR) is 80.1 cm³/mol. The topological polar surface area (TPSA) is 38.8 Å². The van der Waals surface area contributed by atoms with Crippen molar-refractivity contribution in [3.63, 3.8) is 0 Å². The number of rotatable bonds is 4. The van der Waals surface area contributed by atoms with E-state index in [4.69, 9.17) is 9.47 Å². The second-order valence-electron chi connectivity index (χ2n) is 4.57. The number of amides is 1. The molecule has 1 aromatic carbocycles. The van der Waals surface area contributed by atoms with Gasteiger partial charge in [-0.3, -0.25) is 0 Å². The maximum Gasteiger partial charge on any atom is 0.409 e. The molecule has 21 heavy (non-hydrogen) atoms. The van der Waals surface area contributed by atoms with Crippen LogP contribution in [0, 0.1) is 12.7 Å². The van der Waals surface area contributed by atoms with Crippen LogP contribution in [0.4, 0.5) is 9.18 Å². The molecular weight excluding hydrogens is 273 g/mol. The molecule has 1 aliphatic heterocycles. The van der Waals surface area contributed by atoms with Gasteiger partial charge in [0, 0.05) is 13.1 Å². The number of nitrogens with zero attached hydrogens (tertiary/aromatic N) is 1. The molecule has 4 nitrogen and oxygen atoms in total. The van der Waals surface area contributed by atoms with Crippen LogP contribution < -0.4 is 4.74 Å². The molecule has 1 aliphatic rings. The quantitative estimate of drug-likeness (QED) is 0.794. The van der Waals surface area contributed by atoms with Crippen molar-refractivity contribution >= 4 is 6.09 Å². The molecule has 0 bridgehead atoms. The number of hydrogen-bond donors (Lipinski definition) is 0. The van der Waals surface area contributed by atoms with Crippen LogP contribution in [-0.2, 0) is 4.74 Å². The van der Waals surface area contributed by atoms with Gasteiger partial charge in [-0.25, -0.2) is 9.18 Å². The van der Waals surface area contributed by atoms with Gasteiger partial charge >= 0.3 is 6.09 Å². The van der Waals surface area contributed by atoms with Gasteiger partial charge in [0.25, 0.3) is 0 Å². The number of carbonyl (C=O) groups is 1. The SMILES string of the molecule is CC.Cc1cc(OCCOC(=O)N2CCCC2)ccc1F.